The molecule has 143 valence electrons. The van der Waals surface area contributed by atoms with Crippen LogP contribution < -0.4 is 5.32 Å². The van der Waals surface area contributed by atoms with Crippen LogP contribution in [0.5, 0.6) is 0 Å². The molecule has 0 bridgehead atoms. The number of carbonyl (C=O) groups is 1. The van der Waals surface area contributed by atoms with Gasteiger partial charge in [-0.15, -0.1) is 0 Å². The van der Waals surface area contributed by atoms with Gasteiger partial charge in [-0.3, -0.25) is 0 Å². The van der Waals surface area contributed by atoms with Crippen LogP contribution in [-0.4, -0.2) is 30.1 Å². The first kappa shape index (κ1) is 22.3. The fourth-order valence-electron chi connectivity index (χ4n) is 2.71. The second kappa shape index (κ2) is 11.1. The Morgan fingerprint density at radius 3 is 2.54 bits per heavy atom. The third kappa shape index (κ3) is 7.65. The van der Waals surface area contributed by atoms with E-state index in [0.717, 1.165) is 31.5 Å². The third-order valence-electron chi connectivity index (χ3n) is 4.89. The van der Waals surface area contributed by atoms with Crippen LogP contribution in [0.4, 0.5) is 4.79 Å². The highest BCUT2D eigenvalue weighted by Crippen LogP contribution is 2.26. The number of rotatable bonds is 10. The lowest BCUT2D eigenvalue weighted by Gasteiger charge is -2.32. The Balaban J connectivity index is 2.64. The van der Waals surface area contributed by atoms with Crippen molar-refractivity contribution in [3.8, 4) is 0 Å². The van der Waals surface area contributed by atoms with Gasteiger partial charge in [0.05, 0.1) is 5.94 Å². The van der Waals surface area contributed by atoms with Gasteiger partial charge in [0.25, 0.3) is 0 Å². The Bertz CT molecular complexity index is 572. The van der Waals surface area contributed by atoms with E-state index in [1.807, 2.05) is 57.2 Å². The fraction of sp³-hybridized carbons (Fsp3) is 0.571. The molecule has 0 saturated heterocycles. The van der Waals surface area contributed by atoms with Gasteiger partial charge >= 0.3 is 13.6 Å². The van der Waals surface area contributed by atoms with Crippen molar-refractivity contribution in [2.45, 2.75) is 71.8 Å². The summed E-state index contributed by atoms with van der Waals surface area (Å²) in [5.41, 5.74) is 1.27. The van der Waals surface area contributed by atoms with Crippen LogP contribution in [0.25, 0.3) is 6.08 Å². The van der Waals surface area contributed by atoms with E-state index in [1.54, 1.807) is 0 Å². The smallest absolute Gasteiger partial charge is 0.407 e. The summed E-state index contributed by atoms with van der Waals surface area (Å²) in [5.74, 6) is -0.328. The highest BCUT2D eigenvalue weighted by Gasteiger charge is 2.30. The number of unbranched alkanes of at least 4 members (excludes halogenated alkanes) is 2. The molecule has 4 nitrogen and oxygen atoms in total. The lowest BCUT2D eigenvalue weighted by molar-refractivity contribution is -0.00397. The molecule has 26 heavy (non-hydrogen) atoms. The van der Waals surface area contributed by atoms with Gasteiger partial charge in [0.1, 0.15) is 5.60 Å². The first-order valence-electron chi connectivity index (χ1n) is 9.50. The van der Waals surface area contributed by atoms with Crippen molar-refractivity contribution in [1.82, 2.24) is 5.32 Å². The molecule has 1 rings (SSSR count). The van der Waals surface area contributed by atoms with Crippen LogP contribution >= 0.6 is 0 Å². The summed E-state index contributed by atoms with van der Waals surface area (Å²) in [4.78, 5) is 12.3. The summed E-state index contributed by atoms with van der Waals surface area (Å²) in [7, 11) is 0.980. The normalized spacial score (nSPS) is 14.5. The maximum Gasteiger partial charge on any atom is 0.407 e. The predicted octanol–water partition coefficient (Wildman–Crippen LogP) is 4.75. The maximum atomic E-state index is 12.3. The average molecular weight is 358 g/mol. The monoisotopic (exact) mass is 358 g/mol. The summed E-state index contributed by atoms with van der Waals surface area (Å²) >= 11 is 0. The molecule has 0 aliphatic carbocycles. The first-order valence-corrected chi connectivity index (χ1v) is 9.50. The minimum absolute atomic E-state index is 0.261. The van der Waals surface area contributed by atoms with Crippen molar-refractivity contribution in [2.24, 2.45) is 5.92 Å². The Morgan fingerprint density at radius 1 is 1.31 bits per heavy atom. The minimum atomic E-state index is -0.589. The number of carbonyl (C=O) groups excluding carboxylic acids is 1. The molecule has 0 fully saturated rings. The molecular formula is C21H33BNO3. The summed E-state index contributed by atoms with van der Waals surface area (Å²) in [6.07, 6.45) is 5.94. The summed E-state index contributed by atoms with van der Waals surface area (Å²) in [6.45, 7) is 10.0. The lowest BCUT2D eigenvalue weighted by Crippen LogP contribution is -2.45. The highest BCUT2D eigenvalue weighted by atomic mass is 16.6. The molecule has 2 N–H and O–H groups in total. The number of amides is 1. The third-order valence-corrected chi connectivity index (χ3v) is 4.89. The van der Waals surface area contributed by atoms with Crippen molar-refractivity contribution < 1.29 is 14.6 Å². The van der Waals surface area contributed by atoms with Gasteiger partial charge in [-0.25, -0.2) is 4.79 Å². The van der Waals surface area contributed by atoms with Gasteiger partial charge < -0.3 is 15.1 Å². The van der Waals surface area contributed by atoms with E-state index >= 15 is 0 Å². The predicted molar refractivity (Wildman–Crippen MR) is 109 cm³/mol. The van der Waals surface area contributed by atoms with Crippen LogP contribution in [0.2, 0.25) is 0 Å². The van der Waals surface area contributed by atoms with Gasteiger partial charge in [0.15, 0.2) is 0 Å². The Morgan fingerprint density at radius 2 is 1.96 bits per heavy atom. The van der Waals surface area contributed by atoms with E-state index in [9.17, 15) is 9.82 Å². The summed E-state index contributed by atoms with van der Waals surface area (Å²) < 4.78 is 5.65. The zero-order chi connectivity index (χ0) is 19.6. The second-order valence-corrected chi connectivity index (χ2v) is 7.46. The van der Waals surface area contributed by atoms with Crippen molar-refractivity contribution in [3.05, 3.63) is 41.5 Å². The standard InChI is InChI=1S/C21H33BNO3/c1-6-7-9-12-17(3)21(4,5)26-20(24)23-19(22-25)16(2)15-18-13-10-8-11-14-18/h8,10-11,13-15,17,19,25H,6-7,9,12H2,1-5H3,(H,23,24)/b16-15-. The van der Waals surface area contributed by atoms with Crippen LogP contribution in [-0.2, 0) is 4.74 Å². The van der Waals surface area contributed by atoms with Crippen LogP contribution in [0.15, 0.2) is 35.9 Å². The Kier molecular flexibility index (Phi) is 9.49. The number of hydrogen-bond donors (Lipinski definition) is 2. The molecule has 0 aliphatic rings. The molecule has 0 aromatic heterocycles. The Hall–Kier alpha value is -1.75. The molecule has 1 aromatic rings. The second-order valence-electron chi connectivity index (χ2n) is 7.46. The molecule has 2 unspecified atom stereocenters. The van der Waals surface area contributed by atoms with Crippen LogP contribution in [0.3, 0.4) is 0 Å². The molecule has 0 aliphatic heterocycles. The number of nitrogens with one attached hydrogen (secondary N) is 1. The van der Waals surface area contributed by atoms with E-state index < -0.39 is 17.6 Å². The van der Waals surface area contributed by atoms with E-state index in [4.69, 9.17) is 4.74 Å². The van der Waals surface area contributed by atoms with Gasteiger partial charge in [-0.05, 0) is 38.7 Å². The number of hydrogen-bond acceptors (Lipinski definition) is 3. The maximum absolute atomic E-state index is 12.3. The lowest BCUT2D eigenvalue weighted by atomic mass is 9.82. The molecule has 1 amide bonds. The van der Waals surface area contributed by atoms with Gasteiger partial charge in [0.2, 0.25) is 0 Å². The molecule has 2 atom stereocenters. The van der Waals surface area contributed by atoms with Crippen LogP contribution in [0, 0.1) is 5.92 Å². The zero-order valence-electron chi connectivity index (χ0n) is 16.8. The van der Waals surface area contributed by atoms with Gasteiger partial charge in [-0.1, -0.05) is 75.1 Å². The average Bonchev–Trinajstić information content (AvgIpc) is 2.60. The summed E-state index contributed by atoms with van der Waals surface area (Å²) in [6, 6.07) is 9.78. The molecule has 0 heterocycles. The molecular weight excluding hydrogens is 325 g/mol. The zero-order valence-corrected chi connectivity index (χ0v) is 16.8. The van der Waals surface area contributed by atoms with Crippen LogP contribution in [0.1, 0.15) is 65.9 Å². The SMILES string of the molecule is CCCCCC(C)C(C)(C)OC(=O)NC([B]O)/C(C)=C\c1ccccc1. The largest absolute Gasteiger partial charge is 0.452 e. The van der Waals surface area contributed by atoms with E-state index in [1.165, 1.54) is 12.8 Å². The first-order chi connectivity index (χ1) is 12.3. The Labute approximate surface area is 159 Å². The van der Waals surface area contributed by atoms with Crippen molar-refractivity contribution in [3.63, 3.8) is 0 Å². The topological polar surface area (TPSA) is 58.6 Å². The number of ether oxygens (including phenoxy) is 1. The van der Waals surface area contributed by atoms with E-state index in [2.05, 4.69) is 19.2 Å². The molecule has 1 radical (unpaired) electrons. The minimum Gasteiger partial charge on any atom is -0.452 e. The fourth-order valence-corrected chi connectivity index (χ4v) is 2.71. The molecule has 5 heteroatoms. The van der Waals surface area contributed by atoms with Crippen molar-refractivity contribution in [2.75, 3.05) is 0 Å². The molecule has 1 aromatic carbocycles. The quantitative estimate of drug-likeness (QED) is 0.469. The van der Waals surface area contributed by atoms with E-state index in [-0.39, 0.29) is 5.92 Å². The van der Waals surface area contributed by atoms with E-state index in [0.29, 0.717) is 0 Å². The van der Waals surface area contributed by atoms with Gasteiger partial charge in [0, 0.05) is 0 Å². The molecule has 0 saturated carbocycles. The highest BCUT2D eigenvalue weighted by molar-refractivity contribution is 6.30. The molecule has 0 spiro atoms. The van der Waals surface area contributed by atoms with Gasteiger partial charge in [-0.2, -0.15) is 0 Å². The summed E-state index contributed by atoms with van der Waals surface area (Å²) in [5, 5.41) is 12.3. The van der Waals surface area contributed by atoms with Crippen molar-refractivity contribution in [1.29, 1.82) is 0 Å². The van der Waals surface area contributed by atoms with Crippen molar-refractivity contribution >= 4 is 19.7 Å². The number of benzene rings is 1. The number of alkyl carbamates (subject to hydrolysis) is 1.